The smallest absolute Gasteiger partial charge is 0.264 e. The summed E-state index contributed by atoms with van der Waals surface area (Å²) >= 11 is 1.09. The Morgan fingerprint density at radius 3 is 2.75 bits per heavy atom. The topological polar surface area (TPSA) is 60.8 Å². The average molecular weight is 303 g/mol. The zero-order valence-electron chi connectivity index (χ0n) is 10.9. The molecule has 7 heteroatoms. The van der Waals surface area contributed by atoms with Gasteiger partial charge in [0.25, 0.3) is 12.3 Å². The maximum absolute atomic E-state index is 12.4. The Balaban J connectivity index is 2.94. The molecule has 0 aliphatic heterocycles. The number of aryl methyl sites for hydroxylation is 1. The minimum atomic E-state index is -2.65. The summed E-state index contributed by atoms with van der Waals surface area (Å²) in [5.74, 6) is 4.62. The number of nitrogens with zero attached hydrogens (tertiary/aromatic N) is 1. The number of alkyl halides is 2. The SMILES string of the molecule is Cc1cc(C(=O)N(CCO)CC(F)F)sc1C#CCO. The number of aliphatic hydroxyl groups is 2. The third-order valence-electron chi connectivity index (χ3n) is 2.43. The normalized spacial score (nSPS) is 10.3. The van der Waals surface area contributed by atoms with Crippen LogP contribution in [0.15, 0.2) is 6.07 Å². The third-order valence-corrected chi connectivity index (χ3v) is 3.57. The molecule has 0 fully saturated rings. The van der Waals surface area contributed by atoms with Crippen molar-refractivity contribution in [2.45, 2.75) is 13.3 Å². The number of hydrogen-bond acceptors (Lipinski definition) is 4. The monoisotopic (exact) mass is 303 g/mol. The van der Waals surface area contributed by atoms with Crippen LogP contribution in [0.4, 0.5) is 8.78 Å². The molecule has 0 aromatic carbocycles. The molecule has 20 heavy (non-hydrogen) atoms. The first-order valence-corrected chi connectivity index (χ1v) is 6.69. The van der Waals surface area contributed by atoms with Crippen molar-refractivity contribution in [3.8, 4) is 11.8 Å². The first kappa shape index (κ1) is 16.6. The highest BCUT2D eigenvalue weighted by atomic mass is 32.1. The van der Waals surface area contributed by atoms with Gasteiger partial charge in [0.05, 0.1) is 22.9 Å². The average Bonchev–Trinajstić information content (AvgIpc) is 2.76. The fourth-order valence-electron chi connectivity index (χ4n) is 1.55. The summed E-state index contributed by atoms with van der Waals surface area (Å²) in [5.41, 5.74) is 0.750. The Hall–Kier alpha value is -1.49. The lowest BCUT2D eigenvalue weighted by Crippen LogP contribution is -2.36. The molecule has 1 amide bonds. The predicted octanol–water partition coefficient (Wildman–Crippen LogP) is 1.10. The number of rotatable bonds is 5. The van der Waals surface area contributed by atoms with Crippen molar-refractivity contribution in [2.24, 2.45) is 0 Å². The molecule has 2 N–H and O–H groups in total. The number of carbonyl (C=O) groups is 1. The summed E-state index contributed by atoms with van der Waals surface area (Å²) in [6.07, 6.45) is -2.65. The van der Waals surface area contributed by atoms with Crippen molar-refractivity contribution in [3.63, 3.8) is 0 Å². The predicted molar refractivity (Wildman–Crippen MR) is 72.0 cm³/mol. The van der Waals surface area contributed by atoms with Gasteiger partial charge in [0.2, 0.25) is 0 Å². The third kappa shape index (κ3) is 4.56. The molecule has 0 bridgehead atoms. The minimum absolute atomic E-state index is 0.141. The first-order valence-electron chi connectivity index (χ1n) is 5.88. The lowest BCUT2D eigenvalue weighted by atomic mass is 10.2. The van der Waals surface area contributed by atoms with E-state index in [0.717, 1.165) is 21.8 Å². The van der Waals surface area contributed by atoms with Gasteiger partial charge < -0.3 is 15.1 Å². The maximum Gasteiger partial charge on any atom is 0.264 e. The highest BCUT2D eigenvalue weighted by Gasteiger charge is 2.21. The summed E-state index contributed by atoms with van der Waals surface area (Å²) in [6.45, 7) is 0.229. The van der Waals surface area contributed by atoms with E-state index in [4.69, 9.17) is 10.2 Å². The number of carbonyl (C=O) groups excluding carboxylic acids is 1. The fourth-order valence-corrected chi connectivity index (χ4v) is 2.57. The van der Waals surface area contributed by atoms with Gasteiger partial charge in [0, 0.05) is 6.54 Å². The van der Waals surface area contributed by atoms with E-state index in [1.54, 1.807) is 13.0 Å². The van der Waals surface area contributed by atoms with Crippen LogP contribution in [0.3, 0.4) is 0 Å². The van der Waals surface area contributed by atoms with Crippen LogP contribution >= 0.6 is 11.3 Å². The van der Waals surface area contributed by atoms with E-state index in [-0.39, 0.29) is 19.8 Å². The van der Waals surface area contributed by atoms with E-state index >= 15 is 0 Å². The number of amides is 1. The van der Waals surface area contributed by atoms with Crippen molar-refractivity contribution in [1.29, 1.82) is 0 Å². The van der Waals surface area contributed by atoms with Crippen LogP contribution in [0.2, 0.25) is 0 Å². The molecule has 0 unspecified atom stereocenters. The molecule has 1 heterocycles. The first-order chi connectivity index (χ1) is 9.49. The van der Waals surface area contributed by atoms with Gasteiger partial charge in [-0.25, -0.2) is 8.78 Å². The molecule has 0 radical (unpaired) electrons. The summed E-state index contributed by atoms with van der Waals surface area (Å²) in [6, 6.07) is 1.57. The fraction of sp³-hybridized carbons (Fsp3) is 0.462. The Morgan fingerprint density at radius 2 is 2.20 bits per heavy atom. The second kappa shape index (κ2) is 7.94. The van der Waals surface area contributed by atoms with Gasteiger partial charge in [0.15, 0.2) is 0 Å². The van der Waals surface area contributed by atoms with Gasteiger partial charge in [-0.2, -0.15) is 0 Å². The van der Waals surface area contributed by atoms with Crippen molar-refractivity contribution >= 4 is 17.2 Å². The van der Waals surface area contributed by atoms with Crippen LogP contribution in [0.25, 0.3) is 0 Å². The van der Waals surface area contributed by atoms with E-state index in [0.29, 0.717) is 9.75 Å². The Morgan fingerprint density at radius 1 is 1.50 bits per heavy atom. The molecule has 1 aromatic rings. The largest absolute Gasteiger partial charge is 0.395 e. The van der Waals surface area contributed by atoms with Crippen LogP contribution in [0, 0.1) is 18.8 Å². The van der Waals surface area contributed by atoms with E-state index < -0.39 is 18.9 Å². The van der Waals surface area contributed by atoms with Crippen molar-refractivity contribution < 1.29 is 23.8 Å². The van der Waals surface area contributed by atoms with Gasteiger partial charge >= 0.3 is 0 Å². The van der Waals surface area contributed by atoms with Crippen LogP contribution in [0.5, 0.6) is 0 Å². The van der Waals surface area contributed by atoms with Crippen LogP contribution in [-0.2, 0) is 0 Å². The molecule has 1 rings (SSSR count). The van der Waals surface area contributed by atoms with Gasteiger partial charge in [-0.3, -0.25) is 4.79 Å². The van der Waals surface area contributed by atoms with E-state index in [2.05, 4.69) is 11.8 Å². The molecule has 0 saturated heterocycles. The molecular formula is C13H15F2NO3S. The quantitative estimate of drug-likeness (QED) is 0.801. The van der Waals surface area contributed by atoms with Crippen molar-refractivity contribution in [3.05, 3.63) is 21.4 Å². The van der Waals surface area contributed by atoms with Gasteiger partial charge in [-0.1, -0.05) is 11.8 Å². The molecule has 1 aromatic heterocycles. The second-order valence-corrected chi connectivity index (χ2v) is 5.00. The number of hydrogen-bond donors (Lipinski definition) is 2. The van der Waals surface area contributed by atoms with Crippen LogP contribution in [-0.4, -0.2) is 53.7 Å². The number of thiophene rings is 1. The summed E-state index contributed by atoms with van der Waals surface area (Å²) < 4.78 is 24.8. The second-order valence-electron chi connectivity index (χ2n) is 3.95. The summed E-state index contributed by atoms with van der Waals surface area (Å²) in [7, 11) is 0. The van der Waals surface area contributed by atoms with E-state index in [1.165, 1.54) is 0 Å². The molecule has 0 saturated carbocycles. The molecule has 0 spiro atoms. The summed E-state index contributed by atoms with van der Waals surface area (Å²) in [4.78, 5) is 13.9. The highest BCUT2D eigenvalue weighted by molar-refractivity contribution is 7.14. The Bertz CT molecular complexity index is 519. The van der Waals surface area contributed by atoms with Gasteiger partial charge in [-0.15, -0.1) is 11.3 Å². The lowest BCUT2D eigenvalue weighted by molar-refractivity contribution is 0.0513. The Kier molecular flexibility index (Phi) is 6.58. The minimum Gasteiger partial charge on any atom is -0.395 e. The number of aliphatic hydroxyl groups excluding tert-OH is 2. The van der Waals surface area contributed by atoms with Crippen molar-refractivity contribution in [1.82, 2.24) is 4.90 Å². The molecular weight excluding hydrogens is 288 g/mol. The molecule has 0 aliphatic carbocycles. The number of halogens is 2. The highest BCUT2D eigenvalue weighted by Crippen LogP contribution is 2.22. The van der Waals surface area contributed by atoms with Gasteiger partial charge in [0.1, 0.15) is 6.61 Å². The van der Waals surface area contributed by atoms with Crippen molar-refractivity contribution in [2.75, 3.05) is 26.3 Å². The van der Waals surface area contributed by atoms with Gasteiger partial charge in [-0.05, 0) is 18.6 Å². The zero-order valence-corrected chi connectivity index (χ0v) is 11.7. The molecule has 110 valence electrons. The maximum atomic E-state index is 12.4. The van der Waals surface area contributed by atoms with E-state index in [9.17, 15) is 13.6 Å². The lowest BCUT2D eigenvalue weighted by Gasteiger charge is -2.20. The van der Waals surface area contributed by atoms with Crippen LogP contribution in [0.1, 0.15) is 20.1 Å². The van der Waals surface area contributed by atoms with E-state index in [1.807, 2.05) is 0 Å². The van der Waals surface area contributed by atoms with Crippen LogP contribution < -0.4 is 0 Å². The zero-order chi connectivity index (χ0) is 15.1. The molecule has 4 nitrogen and oxygen atoms in total. The molecule has 0 atom stereocenters. The standard InChI is InChI=1S/C13H15F2NO3S/c1-9-7-11(20-10(9)3-2-5-17)13(19)16(4-6-18)8-12(14)15/h7,12,17-18H,4-6,8H2,1H3. The summed E-state index contributed by atoms with van der Waals surface area (Å²) in [5, 5.41) is 17.5. The Labute approximate surface area is 119 Å². The molecule has 0 aliphatic rings.